The minimum Gasteiger partial charge on any atom is -0.398 e. The van der Waals surface area contributed by atoms with Gasteiger partial charge < -0.3 is 5.73 Å². The van der Waals surface area contributed by atoms with Gasteiger partial charge in [-0.05, 0) is 36.8 Å². The van der Waals surface area contributed by atoms with E-state index in [-0.39, 0.29) is 21.3 Å². The molecule has 20 heavy (non-hydrogen) atoms. The Balaban J connectivity index is 2.38. The Hall–Kier alpha value is -1.86. The van der Waals surface area contributed by atoms with E-state index in [2.05, 4.69) is 9.71 Å². The summed E-state index contributed by atoms with van der Waals surface area (Å²) in [6, 6.07) is 4.92. The average Bonchev–Trinajstić information content (AvgIpc) is 2.38. The van der Waals surface area contributed by atoms with Gasteiger partial charge in [0.1, 0.15) is 0 Å². The van der Waals surface area contributed by atoms with Crippen LogP contribution in [0.25, 0.3) is 0 Å². The number of sulfonamides is 1. The predicted molar refractivity (Wildman–Crippen MR) is 75.6 cm³/mol. The molecule has 1 heterocycles. The molecule has 106 valence electrons. The van der Waals surface area contributed by atoms with E-state index in [0.29, 0.717) is 5.56 Å². The van der Waals surface area contributed by atoms with Gasteiger partial charge in [0.15, 0.2) is 0 Å². The van der Waals surface area contributed by atoms with Crippen LogP contribution in [0.4, 0.5) is 15.8 Å². The third-order valence-electron chi connectivity index (χ3n) is 2.65. The molecule has 5 nitrogen and oxygen atoms in total. The van der Waals surface area contributed by atoms with Crippen LogP contribution in [0.2, 0.25) is 5.02 Å². The number of nitrogens with zero attached hydrogens (tertiary/aromatic N) is 1. The van der Waals surface area contributed by atoms with Crippen molar-refractivity contribution in [2.45, 2.75) is 11.8 Å². The molecule has 0 unspecified atom stereocenters. The van der Waals surface area contributed by atoms with Crippen molar-refractivity contribution in [3.8, 4) is 0 Å². The Morgan fingerprint density at radius 2 is 2.05 bits per heavy atom. The lowest BCUT2D eigenvalue weighted by molar-refractivity contribution is 0.583. The van der Waals surface area contributed by atoms with E-state index in [1.54, 1.807) is 6.92 Å². The molecular formula is C12H11ClFN3O2S. The summed E-state index contributed by atoms with van der Waals surface area (Å²) in [7, 11) is -3.86. The van der Waals surface area contributed by atoms with Gasteiger partial charge in [0.05, 0.1) is 16.8 Å². The summed E-state index contributed by atoms with van der Waals surface area (Å²) < 4.78 is 39.2. The molecule has 0 fully saturated rings. The van der Waals surface area contributed by atoms with Crippen LogP contribution in [0.1, 0.15) is 5.56 Å². The molecule has 0 aliphatic rings. The van der Waals surface area contributed by atoms with Crippen molar-refractivity contribution in [3.63, 3.8) is 0 Å². The highest BCUT2D eigenvalue weighted by Crippen LogP contribution is 2.27. The number of aromatic nitrogens is 1. The van der Waals surface area contributed by atoms with Gasteiger partial charge in [0.25, 0.3) is 10.0 Å². The molecule has 0 saturated heterocycles. The molecule has 3 N–H and O–H groups in total. The number of hydrogen-bond donors (Lipinski definition) is 2. The van der Waals surface area contributed by atoms with E-state index in [4.69, 9.17) is 17.3 Å². The number of halogens is 2. The summed E-state index contributed by atoms with van der Waals surface area (Å²) in [5.41, 5.74) is 6.71. The lowest BCUT2D eigenvalue weighted by atomic mass is 10.2. The van der Waals surface area contributed by atoms with Crippen LogP contribution in [0.3, 0.4) is 0 Å². The Morgan fingerprint density at radius 1 is 1.35 bits per heavy atom. The molecule has 2 rings (SSSR count). The quantitative estimate of drug-likeness (QED) is 0.673. The highest BCUT2D eigenvalue weighted by molar-refractivity contribution is 7.92. The second-order valence-corrected chi connectivity index (χ2v) is 6.18. The van der Waals surface area contributed by atoms with Crippen LogP contribution >= 0.6 is 11.6 Å². The van der Waals surface area contributed by atoms with Gasteiger partial charge in [-0.25, -0.2) is 13.4 Å². The maximum absolute atomic E-state index is 12.7. The Labute approximate surface area is 120 Å². The monoisotopic (exact) mass is 315 g/mol. The van der Waals surface area contributed by atoms with Crippen molar-refractivity contribution in [1.29, 1.82) is 0 Å². The van der Waals surface area contributed by atoms with Gasteiger partial charge in [-0.3, -0.25) is 4.72 Å². The van der Waals surface area contributed by atoms with Crippen LogP contribution in [0, 0.1) is 12.9 Å². The number of nitrogen functional groups attached to an aromatic ring is 1. The van der Waals surface area contributed by atoms with Gasteiger partial charge in [0, 0.05) is 10.7 Å². The Morgan fingerprint density at radius 3 is 2.60 bits per heavy atom. The lowest BCUT2D eigenvalue weighted by Gasteiger charge is -2.10. The van der Waals surface area contributed by atoms with E-state index >= 15 is 0 Å². The SMILES string of the molecule is Cc1c(N)cc(S(=O)(=O)Nc2ccc(F)nc2)cc1Cl. The first kappa shape index (κ1) is 14.5. The van der Waals surface area contributed by atoms with Gasteiger partial charge in [-0.15, -0.1) is 0 Å². The van der Waals surface area contributed by atoms with Crippen LogP contribution in [-0.2, 0) is 10.0 Å². The van der Waals surface area contributed by atoms with Crippen LogP contribution in [-0.4, -0.2) is 13.4 Å². The van der Waals surface area contributed by atoms with E-state index < -0.39 is 16.0 Å². The number of nitrogens with one attached hydrogen (secondary N) is 1. The summed E-state index contributed by atoms with van der Waals surface area (Å²) in [6.45, 7) is 1.69. The molecule has 8 heteroatoms. The van der Waals surface area contributed by atoms with Crippen molar-refractivity contribution < 1.29 is 12.8 Å². The number of rotatable bonds is 3. The molecule has 2 aromatic rings. The van der Waals surface area contributed by atoms with Crippen LogP contribution in [0.15, 0.2) is 35.4 Å². The molecule has 1 aromatic carbocycles. The maximum Gasteiger partial charge on any atom is 0.262 e. The molecule has 0 atom stereocenters. The van der Waals surface area contributed by atoms with E-state index in [1.807, 2.05) is 0 Å². The molecule has 0 bridgehead atoms. The number of anilines is 2. The second kappa shape index (κ2) is 5.26. The molecule has 1 aromatic heterocycles. The van der Waals surface area contributed by atoms with E-state index in [1.165, 1.54) is 18.2 Å². The van der Waals surface area contributed by atoms with Gasteiger partial charge in [-0.1, -0.05) is 11.6 Å². The topological polar surface area (TPSA) is 85.1 Å². The summed E-state index contributed by atoms with van der Waals surface area (Å²) in [5, 5.41) is 0.252. The smallest absolute Gasteiger partial charge is 0.262 e. The highest BCUT2D eigenvalue weighted by atomic mass is 35.5. The van der Waals surface area contributed by atoms with Crippen LogP contribution in [0.5, 0.6) is 0 Å². The number of nitrogens with two attached hydrogens (primary N) is 1. The van der Waals surface area contributed by atoms with Crippen molar-refractivity contribution in [2.75, 3.05) is 10.5 Å². The lowest BCUT2D eigenvalue weighted by Crippen LogP contribution is -2.14. The zero-order valence-electron chi connectivity index (χ0n) is 10.4. The molecule has 0 aliphatic heterocycles. The summed E-state index contributed by atoms with van der Waals surface area (Å²) in [4.78, 5) is 3.29. The summed E-state index contributed by atoms with van der Waals surface area (Å²) in [6.07, 6.45) is 1.08. The first-order valence-corrected chi connectivity index (χ1v) is 7.36. The van der Waals surface area contributed by atoms with Gasteiger partial charge in [0.2, 0.25) is 5.95 Å². The number of pyridine rings is 1. The zero-order valence-corrected chi connectivity index (χ0v) is 12.0. The first-order chi connectivity index (χ1) is 9.29. The fourth-order valence-electron chi connectivity index (χ4n) is 1.48. The number of hydrogen-bond acceptors (Lipinski definition) is 4. The molecule has 0 aliphatic carbocycles. The Kier molecular flexibility index (Phi) is 3.82. The second-order valence-electron chi connectivity index (χ2n) is 4.09. The van der Waals surface area contributed by atoms with E-state index in [0.717, 1.165) is 12.3 Å². The van der Waals surface area contributed by atoms with Crippen molar-refractivity contribution in [1.82, 2.24) is 4.98 Å². The van der Waals surface area contributed by atoms with E-state index in [9.17, 15) is 12.8 Å². The minimum absolute atomic E-state index is 0.0741. The standard InChI is InChI=1S/C12H11ClFN3O2S/c1-7-10(13)4-9(5-11(7)15)20(18,19)17-8-2-3-12(14)16-6-8/h2-6,17H,15H2,1H3. The third-order valence-corrected chi connectivity index (χ3v) is 4.40. The number of benzene rings is 1. The largest absolute Gasteiger partial charge is 0.398 e. The fraction of sp³-hybridized carbons (Fsp3) is 0.0833. The minimum atomic E-state index is -3.86. The van der Waals surface area contributed by atoms with Crippen molar-refractivity contribution in [2.24, 2.45) is 0 Å². The highest BCUT2D eigenvalue weighted by Gasteiger charge is 2.17. The molecule has 0 spiro atoms. The molecule has 0 radical (unpaired) electrons. The molecule has 0 amide bonds. The van der Waals surface area contributed by atoms with Crippen molar-refractivity contribution in [3.05, 3.63) is 47.0 Å². The van der Waals surface area contributed by atoms with Gasteiger partial charge in [-0.2, -0.15) is 4.39 Å². The Bertz CT molecular complexity index is 725. The zero-order chi connectivity index (χ0) is 14.9. The maximum atomic E-state index is 12.7. The van der Waals surface area contributed by atoms with Crippen molar-refractivity contribution >= 4 is 33.0 Å². The molecular weight excluding hydrogens is 305 g/mol. The normalized spacial score (nSPS) is 11.3. The van der Waals surface area contributed by atoms with Crippen LogP contribution < -0.4 is 10.5 Å². The average molecular weight is 316 g/mol. The fourth-order valence-corrected chi connectivity index (χ4v) is 2.88. The molecule has 0 saturated carbocycles. The van der Waals surface area contributed by atoms with Gasteiger partial charge >= 0.3 is 0 Å². The summed E-state index contributed by atoms with van der Waals surface area (Å²) in [5.74, 6) is -0.699. The first-order valence-electron chi connectivity index (χ1n) is 5.49. The summed E-state index contributed by atoms with van der Waals surface area (Å²) >= 11 is 5.91. The third kappa shape index (κ3) is 3.00. The predicted octanol–water partition coefficient (Wildman–Crippen LogP) is 2.57.